The normalized spacial score (nSPS) is 29.8. The second-order valence-electron chi connectivity index (χ2n) is 30.7. The van der Waals surface area contributed by atoms with E-state index >= 15 is 0 Å². The Bertz CT molecular complexity index is 4580. The highest BCUT2D eigenvalue weighted by atomic mass is 16.3. The Morgan fingerprint density at radius 1 is 0.500 bits per heavy atom. The first-order valence-corrected chi connectivity index (χ1v) is 36.7. The second-order valence-corrected chi connectivity index (χ2v) is 30.7. The first kappa shape index (κ1) is 56.0. The van der Waals surface area contributed by atoms with E-state index in [9.17, 15) is 0 Å². The Morgan fingerprint density at radius 3 is 2.14 bits per heavy atom. The summed E-state index contributed by atoms with van der Waals surface area (Å²) in [4.78, 5) is 2.64. The number of rotatable bonds is 10. The van der Waals surface area contributed by atoms with Crippen molar-refractivity contribution in [2.24, 2.45) is 71.0 Å². The van der Waals surface area contributed by atoms with Crippen LogP contribution >= 0.6 is 0 Å². The van der Waals surface area contributed by atoms with Crippen LogP contribution in [0.5, 0.6) is 0 Å². The fourth-order valence-electron chi connectivity index (χ4n) is 22.9. The topological polar surface area (TPSA) is 21.3 Å². The molecular formula is C89H90N2O. The van der Waals surface area contributed by atoms with E-state index in [1.807, 2.05) is 0 Å². The molecule has 3 nitrogen and oxygen atoms in total. The number of para-hydroxylation sites is 2. The van der Waals surface area contributed by atoms with Gasteiger partial charge in [-0.15, -0.1) is 0 Å². The third-order valence-electron chi connectivity index (χ3n) is 26.8. The van der Waals surface area contributed by atoms with Crippen molar-refractivity contribution in [3.05, 3.63) is 233 Å². The smallest absolute Gasteiger partial charge is 0.136 e. The molecule has 92 heavy (non-hydrogen) atoms. The van der Waals surface area contributed by atoms with Gasteiger partial charge in [0.2, 0.25) is 0 Å². The standard InChI is InChI=1S/C89H90N2O/c1-4-18-66(19-5-1)89(67-20-6-2-7-21-67)82-29-14-12-25-75(82)76-45-36-62(55-83(76)89)57-31-40-69(41-32-57)90(68-22-8-3-9-23-68)84-50-47-72(74-27-16-28-77(74)84)58-33-42-70(43-34-58)91-85-48-38-60(59-35-44-73-65(51-59)52-64-17-10-11-24-71(64)73)53-80(85)81-54-61(39-49-86(81)91)63-37-46-79-78-26-13-15-30-87(78)92-88(79)56-63/h1,3-5,8-9,12-15,18-19,22-23,25-30,33-34,36-37,39-40,42-43,46-47,49-50,54,56-57,59-60,64-65,67,71,73,75-76,82-83H,2,6-7,10-11,16-17,20-21,24,31-32,35,38,41,44-45,48,51-53,55H2. The van der Waals surface area contributed by atoms with Crippen molar-refractivity contribution in [1.82, 2.24) is 4.57 Å². The molecule has 462 valence electrons. The van der Waals surface area contributed by atoms with Crippen molar-refractivity contribution >= 4 is 56.4 Å². The lowest BCUT2D eigenvalue weighted by atomic mass is 9.53. The van der Waals surface area contributed by atoms with Crippen molar-refractivity contribution in [2.75, 3.05) is 4.90 Å². The van der Waals surface area contributed by atoms with Crippen LogP contribution in [0.1, 0.15) is 145 Å². The Kier molecular flexibility index (Phi) is 13.9. The summed E-state index contributed by atoms with van der Waals surface area (Å²) in [5.74, 6) is 9.63. The van der Waals surface area contributed by atoms with Crippen LogP contribution in [-0.4, -0.2) is 4.57 Å². The predicted octanol–water partition coefficient (Wildman–Crippen LogP) is 21.8. The summed E-state index contributed by atoms with van der Waals surface area (Å²) in [5, 5.41) is 6.58. The molecular weight excluding hydrogens is 1110 g/mol. The molecule has 5 saturated carbocycles. The van der Waals surface area contributed by atoms with Gasteiger partial charge in [-0.2, -0.15) is 0 Å². The molecule has 10 aliphatic rings. The van der Waals surface area contributed by atoms with E-state index < -0.39 is 0 Å². The number of fused-ring (bicyclic) bond motifs is 13. The molecule has 7 aromatic carbocycles. The summed E-state index contributed by atoms with van der Waals surface area (Å²) in [5.41, 5.74) is 20.5. The molecule has 10 aliphatic carbocycles. The molecule has 12 atom stereocenters. The molecule has 2 aromatic heterocycles. The molecule has 0 aliphatic heterocycles. The van der Waals surface area contributed by atoms with Crippen molar-refractivity contribution in [2.45, 2.75) is 147 Å². The van der Waals surface area contributed by atoms with Crippen molar-refractivity contribution in [3.8, 4) is 27.9 Å². The van der Waals surface area contributed by atoms with Crippen molar-refractivity contribution in [1.29, 1.82) is 0 Å². The second kappa shape index (κ2) is 22.8. The van der Waals surface area contributed by atoms with Crippen LogP contribution in [0.3, 0.4) is 0 Å². The molecule has 0 saturated heterocycles. The zero-order valence-corrected chi connectivity index (χ0v) is 53.9. The zero-order valence-electron chi connectivity index (χ0n) is 53.9. The van der Waals surface area contributed by atoms with Gasteiger partial charge < -0.3 is 13.9 Å². The third kappa shape index (κ3) is 9.06. The van der Waals surface area contributed by atoms with Crippen LogP contribution in [0, 0.1) is 71.0 Å². The maximum atomic E-state index is 6.47. The van der Waals surface area contributed by atoms with E-state index in [1.54, 1.807) is 16.7 Å². The highest BCUT2D eigenvalue weighted by molar-refractivity contribution is 6.06. The minimum absolute atomic E-state index is 0.202. The fraction of sp³-hybridized carbons (Fsp3) is 0.393. The molecule has 0 radical (unpaired) electrons. The fourth-order valence-corrected chi connectivity index (χ4v) is 22.9. The molecule has 5 fully saturated rings. The maximum absolute atomic E-state index is 6.47. The Labute approximate surface area is 545 Å². The predicted molar refractivity (Wildman–Crippen MR) is 382 cm³/mol. The Morgan fingerprint density at radius 2 is 1.26 bits per heavy atom. The number of furan rings is 1. The SMILES string of the molecule is C1=CC2C3CC=C(C4CC=C(N(c5ccccc5)c5ccc(-c6ccc(-n7c8c(c9cc(-c%10ccc%11c(c%10)oc%10ccccc%10%11)ccc97)CC(C7CCC9C(C7)CC7CCCCC79)CC8)cc6)c6c5=CCC=6)CC4)CC3C(c3ccccc3)(C3CCCCC3)C2C=C1. The van der Waals surface area contributed by atoms with Gasteiger partial charge in [-0.25, -0.2) is 0 Å². The summed E-state index contributed by atoms with van der Waals surface area (Å²) < 4.78 is 9.15. The van der Waals surface area contributed by atoms with Crippen LogP contribution in [0.25, 0.3) is 72.9 Å². The summed E-state index contributed by atoms with van der Waals surface area (Å²) in [6.07, 6.45) is 49.9. The van der Waals surface area contributed by atoms with Gasteiger partial charge in [-0.3, -0.25) is 0 Å². The average molecular weight is 1200 g/mol. The zero-order chi connectivity index (χ0) is 60.4. The molecule has 19 rings (SSSR count). The number of aromatic nitrogens is 1. The molecule has 0 bridgehead atoms. The van der Waals surface area contributed by atoms with Crippen LogP contribution in [0.4, 0.5) is 11.4 Å². The third-order valence-corrected chi connectivity index (χ3v) is 26.8. The van der Waals surface area contributed by atoms with Gasteiger partial charge in [0.1, 0.15) is 11.2 Å². The molecule has 3 heteroatoms. The van der Waals surface area contributed by atoms with Gasteiger partial charge in [0.25, 0.3) is 0 Å². The van der Waals surface area contributed by atoms with Gasteiger partial charge in [0.15, 0.2) is 0 Å². The number of nitrogens with zero attached hydrogens (tertiary/aromatic N) is 2. The Balaban J connectivity index is 0.627. The first-order chi connectivity index (χ1) is 45.6. The number of hydrogen-bond donors (Lipinski definition) is 0. The first-order valence-electron chi connectivity index (χ1n) is 36.7. The molecule has 0 amide bonds. The minimum atomic E-state index is 0.202. The van der Waals surface area contributed by atoms with Crippen molar-refractivity contribution < 1.29 is 4.42 Å². The van der Waals surface area contributed by atoms with Crippen LogP contribution in [-0.2, 0) is 18.3 Å². The summed E-state index contributed by atoms with van der Waals surface area (Å²) in [7, 11) is 0. The van der Waals surface area contributed by atoms with E-state index in [4.69, 9.17) is 4.42 Å². The van der Waals surface area contributed by atoms with Gasteiger partial charge in [-0.1, -0.05) is 190 Å². The van der Waals surface area contributed by atoms with Gasteiger partial charge in [0.05, 0.1) is 11.2 Å². The highest BCUT2D eigenvalue weighted by Crippen LogP contribution is 2.67. The quantitative estimate of drug-likeness (QED) is 0.127. The van der Waals surface area contributed by atoms with Gasteiger partial charge in [-0.05, 0) is 273 Å². The monoisotopic (exact) mass is 1200 g/mol. The molecule has 12 unspecified atom stereocenters. The van der Waals surface area contributed by atoms with E-state index in [1.165, 1.54) is 198 Å². The van der Waals surface area contributed by atoms with E-state index in [0.29, 0.717) is 29.6 Å². The lowest BCUT2D eigenvalue weighted by Gasteiger charge is -2.50. The number of benzene rings is 7. The summed E-state index contributed by atoms with van der Waals surface area (Å²) in [6.45, 7) is 0. The lowest BCUT2D eigenvalue weighted by Crippen LogP contribution is -2.46. The summed E-state index contributed by atoms with van der Waals surface area (Å²) >= 11 is 0. The van der Waals surface area contributed by atoms with Crippen LogP contribution in [0.2, 0.25) is 0 Å². The number of allylic oxidation sites excluding steroid dienone is 8. The number of anilines is 2. The minimum Gasteiger partial charge on any atom is -0.456 e. The van der Waals surface area contributed by atoms with Gasteiger partial charge >= 0.3 is 0 Å². The van der Waals surface area contributed by atoms with E-state index in [-0.39, 0.29) is 5.41 Å². The van der Waals surface area contributed by atoms with E-state index in [2.05, 4.69) is 216 Å². The van der Waals surface area contributed by atoms with Gasteiger partial charge in [0, 0.05) is 49.6 Å². The van der Waals surface area contributed by atoms with Crippen LogP contribution < -0.4 is 15.3 Å². The molecule has 9 aromatic rings. The Hall–Kier alpha value is -7.62. The maximum Gasteiger partial charge on any atom is 0.136 e. The van der Waals surface area contributed by atoms with Crippen LogP contribution in [0.15, 0.2) is 210 Å². The van der Waals surface area contributed by atoms with Crippen molar-refractivity contribution in [3.63, 3.8) is 0 Å². The molecule has 0 N–H and O–H groups in total. The molecule has 2 heterocycles. The largest absolute Gasteiger partial charge is 0.456 e. The molecule has 0 spiro atoms. The average Bonchev–Trinajstić information content (AvgIpc) is 1.53. The highest BCUT2D eigenvalue weighted by Gasteiger charge is 2.62. The summed E-state index contributed by atoms with van der Waals surface area (Å²) in [6, 6.07) is 60.7. The lowest BCUT2D eigenvalue weighted by molar-refractivity contribution is 0.107. The van der Waals surface area contributed by atoms with E-state index in [0.717, 1.165) is 78.3 Å². The number of hydrogen-bond acceptors (Lipinski definition) is 2.